The molecule has 10 nitrogen and oxygen atoms in total. The SMILES string of the molecule is C=CCOC(=O)NCc1cccc(-c2cccc(C3OC(CSc4nnnn4-c4ccccc4)C(C)C(c4ccc(CO)cc4)O3)c2)c1. The van der Waals surface area contributed by atoms with Crippen LogP contribution in [-0.4, -0.2) is 49.9 Å². The van der Waals surface area contributed by atoms with Gasteiger partial charge < -0.3 is 24.6 Å². The second kappa shape index (κ2) is 15.9. The smallest absolute Gasteiger partial charge is 0.407 e. The lowest BCUT2D eigenvalue weighted by Gasteiger charge is -2.41. The number of aromatic nitrogens is 4. The van der Waals surface area contributed by atoms with E-state index in [-0.39, 0.29) is 31.3 Å². The molecule has 0 radical (unpaired) electrons. The molecule has 1 aromatic heterocycles. The average Bonchev–Trinajstić information content (AvgIpc) is 3.62. The van der Waals surface area contributed by atoms with E-state index in [2.05, 4.69) is 40.4 Å². The van der Waals surface area contributed by atoms with Gasteiger partial charge in [-0.15, -0.1) is 5.10 Å². The van der Waals surface area contributed by atoms with Crippen molar-refractivity contribution in [2.75, 3.05) is 12.4 Å². The van der Waals surface area contributed by atoms with E-state index in [0.29, 0.717) is 17.5 Å². The lowest BCUT2D eigenvalue weighted by atomic mass is 9.91. The molecule has 6 rings (SSSR count). The molecular weight excluding hydrogens is 627 g/mol. The predicted molar refractivity (Wildman–Crippen MR) is 183 cm³/mol. The third-order valence-electron chi connectivity index (χ3n) is 8.13. The van der Waals surface area contributed by atoms with E-state index in [4.69, 9.17) is 14.2 Å². The highest BCUT2D eigenvalue weighted by atomic mass is 32.2. The zero-order valence-corrected chi connectivity index (χ0v) is 27.3. The summed E-state index contributed by atoms with van der Waals surface area (Å²) in [4.78, 5) is 11.9. The zero-order chi connectivity index (χ0) is 33.3. The van der Waals surface area contributed by atoms with Gasteiger partial charge in [0.05, 0.1) is 24.5 Å². The van der Waals surface area contributed by atoms with Gasteiger partial charge in [-0.05, 0) is 62.5 Å². The summed E-state index contributed by atoms with van der Waals surface area (Å²) in [6, 6.07) is 33.8. The molecule has 1 aliphatic rings. The van der Waals surface area contributed by atoms with Crippen molar-refractivity contribution in [1.82, 2.24) is 25.5 Å². The number of aliphatic hydroxyl groups is 1. The molecule has 5 aromatic rings. The van der Waals surface area contributed by atoms with Crippen LogP contribution in [0.5, 0.6) is 0 Å². The van der Waals surface area contributed by atoms with Gasteiger partial charge in [0, 0.05) is 23.8 Å². The number of alkyl carbamates (subject to hydrolysis) is 1. The molecule has 246 valence electrons. The Kier molecular flexibility index (Phi) is 10.9. The first-order valence-corrected chi connectivity index (χ1v) is 16.7. The van der Waals surface area contributed by atoms with Gasteiger partial charge in [0.1, 0.15) is 6.61 Å². The highest BCUT2D eigenvalue weighted by molar-refractivity contribution is 7.99. The van der Waals surface area contributed by atoms with Crippen LogP contribution < -0.4 is 5.32 Å². The highest BCUT2D eigenvalue weighted by Crippen LogP contribution is 2.43. The molecular formula is C37H37N5O5S. The predicted octanol–water partition coefficient (Wildman–Crippen LogP) is 6.82. The Bertz CT molecular complexity index is 1820. The molecule has 1 amide bonds. The van der Waals surface area contributed by atoms with Crippen LogP contribution in [0.1, 0.15) is 41.6 Å². The number of carbonyl (C=O) groups is 1. The summed E-state index contributed by atoms with van der Waals surface area (Å²) in [5, 5.41) is 25.5. The van der Waals surface area contributed by atoms with Gasteiger partial charge in [-0.25, -0.2) is 4.79 Å². The standard InChI is InChI=1S/C37H37N5O5S/c1-3-19-45-37(44)38-22-27-9-7-10-29(20-27)30-11-8-12-31(21-30)35-46-33(25(2)34(47-35)28-17-15-26(23-43)16-18-28)24-48-36-39-40-41-42(36)32-13-5-4-6-14-32/h3-18,20-21,25,33-35,43H,1,19,22-24H2,2H3,(H,38,44). The Labute approximate surface area is 283 Å². The topological polar surface area (TPSA) is 121 Å². The van der Waals surface area contributed by atoms with E-state index in [1.807, 2.05) is 97.1 Å². The van der Waals surface area contributed by atoms with Crippen LogP contribution in [0.2, 0.25) is 0 Å². The summed E-state index contributed by atoms with van der Waals surface area (Å²) < 4.78 is 20.2. The van der Waals surface area contributed by atoms with E-state index in [0.717, 1.165) is 39.1 Å². The van der Waals surface area contributed by atoms with Crippen LogP contribution in [-0.2, 0) is 27.4 Å². The molecule has 48 heavy (non-hydrogen) atoms. The number of aliphatic hydroxyl groups excluding tert-OH is 1. The molecule has 11 heteroatoms. The van der Waals surface area contributed by atoms with Gasteiger partial charge in [-0.1, -0.05) is 110 Å². The van der Waals surface area contributed by atoms with Crippen molar-refractivity contribution in [2.24, 2.45) is 5.92 Å². The number of hydrogen-bond donors (Lipinski definition) is 2. The normalized spacial score (nSPS) is 19.0. The molecule has 4 unspecified atom stereocenters. The minimum Gasteiger partial charge on any atom is -0.445 e. The van der Waals surface area contributed by atoms with Crippen molar-refractivity contribution < 1.29 is 24.1 Å². The molecule has 1 aliphatic heterocycles. The Hall–Kier alpha value is -4.81. The van der Waals surface area contributed by atoms with E-state index in [9.17, 15) is 9.90 Å². The van der Waals surface area contributed by atoms with Gasteiger partial charge in [-0.2, -0.15) is 4.68 Å². The van der Waals surface area contributed by atoms with Gasteiger partial charge in [0.25, 0.3) is 0 Å². The number of tetrazole rings is 1. The maximum absolute atomic E-state index is 11.9. The molecule has 0 saturated carbocycles. The molecule has 1 fully saturated rings. The van der Waals surface area contributed by atoms with Crippen LogP contribution in [0.15, 0.2) is 121 Å². The fourth-order valence-electron chi connectivity index (χ4n) is 5.55. The lowest BCUT2D eigenvalue weighted by Crippen LogP contribution is -2.38. The minimum absolute atomic E-state index is 0.000293. The quantitative estimate of drug-likeness (QED) is 0.109. The van der Waals surface area contributed by atoms with Gasteiger partial charge in [0.15, 0.2) is 6.29 Å². The summed E-state index contributed by atoms with van der Waals surface area (Å²) >= 11 is 1.54. The monoisotopic (exact) mass is 663 g/mol. The molecule has 0 spiro atoms. The van der Waals surface area contributed by atoms with Gasteiger partial charge in [0.2, 0.25) is 5.16 Å². The van der Waals surface area contributed by atoms with Gasteiger partial charge in [-0.3, -0.25) is 0 Å². The number of rotatable bonds is 12. The maximum Gasteiger partial charge on any atom is 0.407 e. The Morgan fingerprint density at radius 2 is 1.73 bits per heavy atom. The summed E-state index contributed by atoms with van der Waals surface area (Å²) in [7, 11) is 0. The van der Waals surface area contributed by atoms with E-state index in [1.165, 1.54) is 6.08 Å². The van der Waals surface area contributed by atoms with E-state index < -0.39 is 12.4 Å². The van der Waals surface area contributed by atoms with E-state index >= 15 is 0 Å². The number of ether oxygens (including phenoxy) is 3. The number of thioether (sulfide) groups is 1. The summed E-state index contributed by atoms with van der Waals surface area (Å²) in [6.45, 7) is 6.17. The van der Waals surface area contributed by atoms with Crippen molar-refractivity contribution in [3.8, 4) is 16.8 Å². The second-order valence-corrected chi connectivity index (χ2v) is 12.4. The van der Waals surface area contributed by atoms with Crippen molar-refractivity contribution in [1.29, 1.82) is 0 Å². The first-order valence-electron chi connectivity index (χ1n) is 15.7. The largest absolute Gasteiger partial charge is 0.445 e. The number of para-hydroxylation sites is 1. The van der Waals surface area contributed by atoms with Crippen molar-refractivity contribution in [2.45, 2.75) is 43.7 Å². The summed E-state index contributed by atoms with van der Waals surface area (Å²) in [5.74, 6) is 0.601. The zero-order valence-electron chi connectivity index (χ0n) is 26.5. The molecule has 4 atom stereocenters. The fraction of sp³-hybridized carbons (Fsp3) is 0.243. The van der Waals surface area contributed by atoms with E-state index in [1.54, 1.807) is 16.4 Å². The van der Waals surface area contributed by atoms with Crippen molar-refractivity contribution in [3.05, 3.63) is 138 Å². The van der Waals surface area contributed by atoms with Crippen LogP contribution in [0.25, 0.3) is 16.8 Å². The lowest BCUT2D eigenvalue weighted by molar-refractivity contribution is -0.268. The van der Waals surface area contributed by atoms with Crippen LogP contribution >= 0.6 is 11.8 Å². The Morgan fingerprint density at radius 1 is 0.958 bits per heavy atom. The molecule has 0 aliphatic carbocycles. The van der Waals surface area contributed by atoms with Crippen LogP contribution in [0, 0.1) is 5.92 Å². The molecule has 1 saturated heterocycles. The van der Waals surface area contributed by atoms with Crippen molar-refractivity contribution in [3.63, 3.8) is 0 Å². The number of amides is 1. The van der Waals surface area contributed by atoms with Crippen LogP contribution in [0.3, 0.4) is 0 Å². The molecule has 4 aromatic carbocycles. The third-order valence-corrected chi connectivity index (χ3v) is 9.14. The fourth-order valence-corrected chi connectivity index (χ4v) is 6.61. The van der Waals surface area contributed by atoms with Gasteiger partial charge >= 0.3 is 6.09 Å². The average molecular weight is 664 g/mol. The number of nitrogens with one attached hydrogen (secondary N) is 1. The second-order valence-electron chi connectivity index (χ2n) is 11.4. The number of nitrogens with zero attached hydrogens (tertiary/aromatic N) is 4. The number of benzene rings is 4. The first-order chi connectivity index (χ1) is 23.5. The molecule has 2 heterocycles. The summed E-state index contributed by atoms with van der Waals surface area (Å²) in [5.41, 5.74) is 6.55. The Morgan fingerprint density at radius 3 is 2.50 bits per heavy atom. The minimum atomic E-state index is -0.635. The number of carbonyl (C=O) groups excluding carboxylic acids is 1. The first kappa shape index (κ1) is 33.1. The van der Waals surface area contributed by atoms with Crippen molar-refractivity contribution >= 4 is 17.9 Å². The number of hydrogen-bond acceptors (Lipinski definition) is 9. The third kappa shape index (κ3) is 8.00. The molecule has 0 bridgehead atoms. The molecule has 2 N–H and O–H groups in total. The summed E-state index contributed by atoms with van der Waals surface area (Å²) in [6.07, 6.45) is -0.0564. The highest BCUT2D eigenvalue weighted by Gasteiger charge is 2.38. The maximum atomic E-state index is 11.9. The van der Waals surface area contributed by atoms with Crippen LogP contribution in [0.4, 0.5) is 4.79 Å². The Balaban J connectivity index is 1.23.